The summed E-state index contributed by atoms with van der Waals surface area (Å²) in [5, 5.41) is 0. The SMILES string of the molecule is Cl.Nc1cccc2c1CCCN2C(=O)CCc1cc(F)ccc1F. The first-order valence-corrected chi connectivity index (χ1v) is 7.68. The number of hydrogen-bond donors (Lipinski definition) is 1. The highest BCUT2D eigenvalue weighted by atomic mass is 35.5. The lowest BCUT2D eigenvalue weighted by Gasteiger charge is -2.30. The molecule has 6 heteroatoms. The molecule has 0 bridgehead atoms. The number of aryl methyl sites for hydroxylation is 1. The largest absolute Gasteiger partial charge is 0.398 e. The minimum absolute atomic E-state index is 0. The molecule has 0 saturated carbocycles. The summed E-state index contributed by atoms with van der Waals surface area (Å²) in [4.78, 5) is 14.2. The average Bonchev–Trinajstić information content (AvgIpc) is 2.55. The van der Waals surface area contributed by atoms with Crippen LogP contribution in [0.2, 0.25) is 0 Å². The third-order valence-electron chi connectivity index (χ3n) is 4.20. The number of rotatable bonds is 3. The van der Waals surface area contributed by atoms with Gasteiger partial charge in [0.15, 0.2) is 0 Å². The van der Waals surface area contributed by atoms with E-state index in [2.05, 4.69) is 0 Å². The molecule has 3 rings (SSSR count). The number of nitrogens with two attached hydrogens (primary N) is 1. The normalized spacial score (nSPS) is 13.2. The van der Waals surface area contributed by atoms with Crippen molar-refractivity contribution in [3.63, 3.8) is 0 Å². The Morgan fingerprint density at radius 3 is 2.79 bits per heavy atom. The zero-order valence-electron chi connectivity index (χ0n) is 13.1. The quantitative estimate of drug-likeness (QED) is 0.852. The van der Waals surface area contributed by atoms with E-state index in [0.29, 0.717) is 12.2 Å². The fraction of sp³-hybridized carbons (Fsp3) is 0.278. The Morgan fingerprint density at radius 1 is 1.21 bits per heavy atom. The third kappa shape index (κ3) is 3.67. The van der Waals surface area contributed by atoms with Gasteiger partial charge in [-0.1, -0.05) is 6.07 Å². The van der Waals surface area contributed by atoms with Crippen molar-refractivity contribution < 1.29 is 13.6 Å². The molecule has 0 aliphatic carbocycles. The lowest BCUT2D eigenvalue weighted by Crippen LogP contribution is -2.35. The van der Waals surface area contributed by atoms with Crippen LogP contribution >= 0.6 is 12.4 Å². The molecule has 0 unspecified atom stereocenters. The van der Waals surface area contributed by atoms with Crippen LogP contribution in [-0.2, 0) is 17.6 Å². The molecule has 2 N–H and O–H groups in total. The fourth-order valence-corrected chi connectivity index (χ4v) is 3.02. The van der Waals surface area contributed by atoms with E-state index in [1.165, 1.54) is 0 Å². The van der Waals surface area contributed by atoms with Gasteiger partial charge in [-0.15, -0.1) is 12.4 Å². The van der Waals surface area contributed by atoms with Gasteiger partial charge in [-0.05, 0) is 60.7 Å². The number of carbonyl (C=O) groups is 1. The zero-order chi connectivity index (χ0) is 16.4. The second-order valence-electron chi connectivity index (χ2n) is 5.73. The zero-order valence-corrected chi connectivity index (χ0v) is 13.9. The Hall–Kier alpha value is -2.14. The second kappa shape index (κ2) is 7.62. The standard InChI is InChI=1S/C18H18F2N2O.ClH/c19-13-7-8-15(20)12(11-13)6-9-18(23)22-10-2-3-14-16(21)4-1-5-17(14)22;/h1,4-5,7-8,11H,2-3,6,9-10,21H2;1H. The van der Waals surface area contributed by atoms with Crippen LogP contribution in [-0.4, -0.2) is 12.5 Å². The Kier molecular flexibility index (Phi) is 5.78. The Bertz CT molecular complexity index is 752. The van der Waals surface area contributed by atoms with Crippen molar-refractivity contribution in [2.24, 2.45) is 0 Å². The van der Waals surface area contributed by atoms with Gasteiger partial charge in [0.05, 0.1) is 0 Å². The van der Waals surface area contributed by atoms with E-state index in [1.807, 2.05) is 18.2 Å². The molecule has 1 aliphatic rings. The predicted molar refractivity (Wildman–Crippen MR) is 93.5 cm³/mol. The number of carbonyl (C=O) groups excluding carboxylic acids is 1. The molecule has 0 aromatic heterocycles. The first-order valence-electron chi connectivity index (χ1n) is 7.68. The van der Waals surface area contributed by atoms with Crippen LogP contribution in [0, 0.1) is 11.6 Å². The van der Waals surface area contributed by atoms with Gasteiger partial charge in [-0.2, -0.15) is 0 Å². The van der Waals surface area contributed by atoms with Crippen LogP contribution in [0.15, 0.2) is 36.4 Å². The summed E-state index contributed by atoms with van der Waals surface area (Å²) >= 11 is 0. The molecule has 2 aromatic carbocycles. The Balaban J connectivity index is 0.00000208. The molecule has 1 aliphatic heterocycles. The lowest BCUT2D eigenvalue weighted by atomic mass is 9.99. The first-order chi connectivity index (χ1) is 11.1. The van der Waals surface area contributed by atoms with Gasteiger partial charge in [0, 0.05) is 24.3 Å². The van der Waals surface area contributed by atoms with Gasteiger partial charge < -0.3 is 10.6 Å². The first kappa shape index (κ1) is 18.2. The molecule has 0 fully saturated rings. The fourth-order valence-electron chi connectivity index (χ4n) is 3.02. The Labute approximate surface area is 145 Å². The summed E-state index contributed by atoms with van der Waals surface area (Å²) in [5.74, 6) is -1.08. The van der Waals surface area contributed by atoms with Crippen molar-refractivity contribution in [2.75, 3.05) is 17.2 Å². The van der Waals surface area contributed by atoms with Gasteiger partial charge in [0.1, 0.15) is 11.6 Å². The summed E-state index contributed by atoms with van der Waals surface area (Å²) in [5.41, 5.74) is 8.72. The third-order valence-corrected chi connectivity index (χ3v) is 4.20. The molecule has 1 heterocycles. The molecule has 1 amide bonds. The van der Waals surface area contributed by atoms with Crippen molar-refractivity contribution >= 4 is 29.7 Å². The van der Waals surface area contributed by atoms with E-state index in [0.717, 1.165) is 42.3 Å². The van der Waals surface area contributed by atoms with Gasteiger partial charge in [0.2, 0.25) is 5.91 Å². The predicted octanol–water partition coefficient (Wildman–Crippen LogP) is 3.88. The monoisotopic (exact) mass is 352 g/mol. The lowest BCUT2D eigenvalue weighted by molar-refractivity contribution is -0.118. The number of hydrogen-bond acceptors (Lipinski definition) is 2. The number of fused-ring (bicyclic) bond motifs is 1. The van der Waals surface area contributed by atoms with Crippen LogP contribution in [0.4, 0.5) is 20.2 Å². The topological polar surface area (TPSA) is 46.3 Å². The number of benzene rings is 2. The average molecular weight is 353 g/mol. The minimum atomic E-state index is -0.495. The number of amides is 1. The van der Waals surface area contributed by atoms with E-state index < -0.39 is 11.6 Å². The second-order valence-corrected chi connectivity index (χ2v) is 5.73. The number of nitrogens with zero attached hydrogens (tertiary/aromatic N) is 1. The van der Waals surface area contributed by atoms with Crippen LogP contribution in [0.5, 0.6) is 0 Å². The molecule has 0 atom stereocenters. The van der Waals surface area contributed by atoms with Gasteiger partial charge in [-0.3, -0.25) is 4.79 Å². The number of halogens is 3. The van der Waals surface area contributed by atoms with Crippen molar-refractivity contribution in [2.45, 2.75) is 25.7 Å². The van der Waals surface area contributed by atoms with Crippen molar-refractivity contribution in [1.29, 1.82) is 0 Å². The molecule has 3 nitrogen and oxygen atoms in total. The van der Waals surface area contributed by atoms with E-state index in [4.69, 9.17) is 5.73 Å². The molecule has 128 valence electrons. The molecule has 0 saturated heterocycles. The molecular formula is C18H19ClF2N2O. The highest BCUT2D eigenvalue weighted by molar-refractivity contribution is 5.95. The van der Waals surface area contributed by atoms with E-state index in [-0.39, 0.29) is 36.7 Å². The van der Waals surface area contributed by atoms with Crippen molar-refractivity contribution in [3.8, 4) is 0 Å². The molecule has 24 heavy (non-hydrogen) atoms. The van der Waals surface area contributed by atoms with E-state index >= 15 is 0 Å². The molecule has 2 aromatic rings. The van der Waals surface area contributed by atoms with E-state index in [9.17, 15) is 13.6 Å². The smallest absolute Gasteiger partial charge is 0.227 e. The number of nitrogen functional groups attached to an aromatic ring is 1. The van der Waals surface area contributed by atoms with Gasteiger partial charge in [0.25, 0.3) is 0 Å². The summed E-state index contributed by atoms with van der Waals surface area (Å²) in [7, 11) is 0. The highest BCUT2D eigenvalue weighted by Crippen LogP contribution is 2.31. The Morgan fingerprint density at radius 2 is 2.00 bits per heavy atom. The summed E-state index contributed by atoms with van der Waals surface area (Å²) in [6.45, 7) is 0.626. The summed E-state index contributed by atoms with van der Waals surface area (Å²) in [6.07, 6.45) is 2.01. The number of anilines is 2. The van der Waals surface area contributed by atoms with Crippen molar-refractivity contribution in [3.05, 3.63) is 59.2 Å². The van der Waals surface area contributed by atoms with Crippen molar-refractivity contribution in [1.82, 2.24) is 0 Å². The minimum Gasteiger partial charge on any atom is -0.398 e. The maximum atomic E-state index is 13.6. The molecular weight excluding hydrogens is 334 g/mol. The summed E-state index contributed by atoms with van der Waals surface area (Å²) < 4.78 is 26.8. The van der Waals surface area contributed by atoms with Gasteiger partial charge in [-0.25, -0.2) is 8.78 Å². The molecule has 0 radical (unpaired) electrons. The van der Waals surface area contributed by atoms with Crippen LogP contribution in [0.1, 0.15) is 24.0 Å². The van der Waals surface area contributed by atoms with Gasteiger partial charge >= 0.3 is 0 Å². The summed E-state index contributed by atoms with van der Waals surface area (Å²) in [6, 6.07) is 8.84. The van der Waals surface area contributed by atoms with Crippen LogP contribution < -0.4 is 10.6 Å². The maximum absolute atomic E-state index is 13.6. The maximum Gasteiger partial charge on any atom is 0.227 e. The van der Waals surface area contributed by atoms with Crippen LogP contribution in [0.3, 0.4) is 0 Å². The van der Waals surface area contributed by atoms with E-state index in [1.54, 1.807) is 4.90 Å². The van der Waals surface area contributed by atoms with Crippen LogP contribution in [0.25, 0.3) is 0 Å². The molecule has 0 spiro atoms. The highest BCUT2D eigenvalue weighted by Gasteiger charge is 2.23.